The van der Waals surface area contributed by atoms with Crippen molar-refractivity contribution in [2.45, 2.75) is 12.4 Å². The molecule has 0 fully saturated rings. The largest absolute Gasteiger partial charge is 0.451 e. The highest BCUT2D eigenvalue weighted by Gasteiger charge is 2.37. The number of nitrogens with zero attached hydrogens (tertiary/aromatic N) is 1. The molecule has 0 radical (unpaired) electrons. The number of rotatable bonds is 4. The fourth-order valence-electron chi connectivity index (χ4n) is 2.80. The molecular formula is C20H11F6N3O4S. The molecule has 178 valence electrons. The predicted octanol–water partition coefficient (Wildman–Crippen LogP) is 6.02. The van der Waals surface area contributed by atoms with E-state index in [9.17, 15) is 41.3 Å². The number of anilines is 1. The molecule has 0 atom stereocenters. The van der Waals surface area contributed by atoms with E-state index in [2.05, 4.69) is 10.6 Å². The summed E-state index contributed by atoms with van der Waals surface area (Å²) in [5.41, 5.74) is -4.01. The number of halogens is 6. The van der Waals surface area contributed by atoms with Crippen molar-refractivity contribution in [3.63, 3.8) is 0 Å². The first kappa shape index (κ1) is 24.7. The van der Waals surface area contributed by atoms with Crippen LogP contribution in [0.5, 0.6) is 0 Å². The number of thiocarbonyl (C=S) groups is 1. The van der Waals surface area contributed by atoms with Crippen molar-refractivity contribution in [3.05, 3.63) is 81.6 Å². The molecule has 0 saturated heterocycles. The molecule has 0 bridgehead atoms. The van der Waals surface area contributed by atoms with Gasteiger partial charge in [0.1, 0.15) is 5.76 Å². The third-order valence-electron chi connectivity index (χ3n) is 4.27. The molecule has 1 aromatic heterocycles. The average Bonchev–Trinajstić information content (AvgIpc) is 3.22. The van der Waals surface area contributed by atoms with Crippen molar-refractivity contribution < 1.29 is 40.5 Å². The number of alkyl halides is 6. The first-order valence-electron chi connectivity index (χ1n) is 9.01. The van der Waals surface area contributed by atoms with Crippen molar-refractivity contribution >= 4 is 34.6 Å². The summed E-state index contributed by atoms with van der Waals surface area (Å²) < 4.78 is 83.1. The lowest BCUT2D eigenvalue weighted by atomic mass is 10.1. The molecule has 0 aliphatic heterocycles. The molecule has 0 spiro atoms. The van der Waals surface area contributed by atoms with Crippen LogP contribution < -0.4 is 10.6 Å². The highest BCUT2D eigenvalue weighted by atomic mass is 32.1. The van der Waals surface area contributed by atoms with Gasteiger partial charge in [0.05, 0.1) is 21.6 Å². The summed E-state index contributed by atoms with van der Waals surface area (Å²) in [5, 5.41) is 14.7. The molecule has 0 aliphatic rings. The van der Waals surface area contributed by atoms with Crippen molar-refractivity contribution in [2.75, 3.05) is 5.32 Å². The third kappa shape index (κ3) is 5.70. The number of nitro groups is 1. The van der Waals surface area contributed by atoms with E-state index in [-0.39, 0.29) is 28.8 Å². The normalized spacial score (nSPS) is 11.7. The zero-order valence-corrected chi connectivity index (χ0v) is 17.3. The van der Waals surface area contributed by atoms with Gasteiger partial charge < -0.3 is 9.73 Å². The van der Waals surface area contributed by atoms with Crippen molar-refractivity contribution in [3.8, 4) is 11.3 Å². The Balaban J connectivity index is 1.78. The lowest BCUT2D eigenvalue weighted by Gasteiger charge is -2.15. The number of hydrogen-bond acceptors (Lipinski definition) is 5. The van der Waals surface area contributed by atoms with Gasteiger partial charge in [0.2, 0.25) is 0 Å². The van der Waals surface area contributed by atoms with E-state index in [1.54, 1.807) is 0 Å². The van der Waals surface area contributed by atoms with E-state index >= 15 is 0 Å². The number of hydrogen-bond donors (Lipinski definition) is 2. The quantitative estimate of drug-likeness (QED) is 0.196. The van der Waals surface area contributed by atoms with Crippen LogP contribution >= 0.6 is 12.2 Å². The Morgan fingerprint density at radius 3 is 2.09 bits per heavy atom. The molecule has 0 unspecified atom stereocenters. The molecular weight excluding hydrogens is 492 g/mol. The van der Waals surface area contributed by atoms with Crippen molar-refractivity contribution in [1.82, 2.24) is 5.32 Å². The molecule has 7 nitrogen and oxygen atoms in total. The number of nitro benzene ring substituents is 1. The van der Waals surface area contributed by atoms with Crippen LogP contribution in [0.15, 0.2) is 59.0 Å². The molecule has 3 rings (SSSR count). The highest BCUT2D eigenvalue weighted by molar-refractivity contribution is 7.80. The van der Waals surface area contributed by atoms with Gasteiger partial charge in [-0.05, 0) is 48.6 Å². The van der Waals surface area contributed by atoms with E-state index in [0.717, 1.165) is 6.07 Å². The number of para-hydroxylation sites is 1. The summed E-state index contributed by atoms with van der Waals surface area (Å²) in [4.78, 5) is 22.8. The predicted molar refractivity (Wildman–Crippen MR) is 111 cm³/mol. The number of benzene rings is 2. The third-order valence-corrected chi connectivity index (χ3v) is 4.47. The van der Waals surface area contributed by atoms with Gasteiger partial charge >= 0.3 is 12.4 Å². The fourth-order valence-corrected chi connectivity index (χ4v) is 3.01. The SMILES string of the molecule is O=C(NC(=S)Nc1cc(C(F)(F)F)cc(C(F)(F)F)c1)c1ccc(-c2ccccc2[N+](=O)[O-])o1. The average molecular weight is 503 g/mol. The molecule has 0 saturated carbocycles. The monoisotopic (exact) mass is 503 g/mol. The molecule has 3 aromatic rings. The van der Waals surface area contributed by atoms with Crippen LogP contribution in [-0.2, 0) is 12.4 Å². The molecule has 2 N–H and O–H groups in total. The fraction of sp³-hybridized carbons (Fsp3) is 0.100. The topological polar surface area (TPSA) is 97.4 Å². The van der Waals surface area contributed by atoms with Gasteiger partial charge in [0.15, 0.2) is 10.9 Å². The van der Waals surface area contributed by atoms with Crippen LogP contribution in [0.3, 0.4) is 0 Å². The zero-order valence-electron chi connectivity index (χ0n) is 16.5. The molecule has 1 heterocycles. The van der Waals surface area contributed by atoms with Gasteiger partial charge in [-0.2, -0.15) is 26.3 Å². The maximum atomic E-state index is 13.0. The summed E-state index contributed by atoms with van der Waals surface area (Å²) in [6.45, 7) is 0. The molecule has 0 aliphatic carbocycles. The second kappa shape index (κ2) is 9.13. The number of nitrogens with one attached hydrogen (secondary N) is 2. The summed E-state index contributed by atoms with van der Waals surface area (Å²) in [7, 11) is 0. The molecule has 34 heavy (non-hydrogen) atoms. The van der Waals surface area contributed by atoms with Gasteiger partial charge in [-0.15, -0.1) is 0 Å². The molecule has 14 heteroatoms. The van der Waals surface area contributed by atoms with Crippen LogP contribution in [0.1, 0.15) is 21.7 Å². The second-order valence-electron chi connectivity index (χ2n) is 6.64. The molecule has 2 aromatic carbocycles. The van der Waals surface area contributed by atoms with Gasteiger partial charge in [0.25, 0.3) is 11.6 Å². The van der Waals surface area contributed by atoms with Crippen molar-refractivity contribution in [2.24, 2.45) is 0 Å². The lowest BCUT2D eigenvalue weighted by Crippen LogP contribution is -2.34. The Labute approximate surface area is 191 Å². The summed E-state index contributed by atoms with van der Waals surface area (Å²) in [6.07, 6.45) is -10.1. The lowest BCUT2D eigenvalue weighted by molar-refractivity contribution is -0.384. The van der Waals surface area contributed by atoms with Crippen LogP contribution in [0.25, 0.3) is 11.3 Å². The maximum absolute atomic E-state index is 13.0. The van der Waals surface area contributed by atoms with Crippen LogP contribution in [0, 0.1) is 10.1 Å². The van der Waals surface area contributed by atoms with E-state index in [1.807, 2.05) is 0 Å². The Morgan fingerprint density at radius 2 is 1.53 bits per heavy atom. The number of carbonyl (C=O) groups is 1. The zero-order chi connectivity index (χ0) is 25.3. The molecule has 1 amide bonds. The Morgan fingerprint density at radius 1 is 0.941 bits per heavy atom. The second-order valence-corrected chi connectivity index (χ2v) is 7.05. The van der Waals surface area contributed by atoms with Gasteiger partial charge in [-0.25, -0.2) is 0 Å². The van der Waals surface area contributed by atoms with E-state index in [4.69, 9.17) is 16.6 Å². The summed E-state index contributed by atoms with van der Waals surface area (Å²) in [6, 6.07) is 8.72. The number of amides is 1. The number of carbonyl (C=O) groups excluding carboxylic acids is 1. The maximum Gasteiger partial charge on any atom is 0.416 e. The van der Waals surface area contributed by atoms with Crippen molar-refractivity contribution in [1.29, 1.82) is 0 Å². The minimum atomic E-state index is -5.06. The first-order valence-corrected chi connectivity index (χ1v) is 9.42. The summed E-state index contributed by atoms with van der Waals surface area (Å²) >= 11 is 4.80. The van der Waals surface area contributed by atoms with E-state index < -0.39 is 45.1 Å². The number of furan rings is 1. The Bertz CT molecular complexity index is 1240. The van der Waals surface area contributed by atoms with Gasteiger partial charge in [-0.3, -0.25) is 20.2 Å². The summed E-state index contributed by atoms with van der Waals surface area (Å²) in [5.74, 6) is -1.38. The Kier molecular flexibility index (Phi) is 6.63. The van der Waals surface area contributed by atoms with E-state index in [0.29, 0.717) is 12.1 Å². The van der Waals surface area contributed by atoms with Gasteiger partial charge in [-0.1, -0.05) is 12.1 Å². The Hall–Kier alpha value is -3.94. The van der Waals surface area contributed by atoms with Crippen LogP contribution in [0.2, 0.25) is 0 Å². The standard InChI is InChI=1S/C20H11F6N3O4S/c21-19(22,23)10-7-11(20(24,25)26)9-12(8-10)27-18(34)28-17(30)16-6-5-15(33-16)13-3-1-2-4-14(13)29(31)32/h1-9H,(H2,27,28,30,34). The minimum absolute atomic E-state index is 0.0241. The minimum Gasteiger partial charge on any atom is -0.451 e. The van der Waals surface area contributed by atoms with E-state index in [1.165, 1.54) is 30.3 Å². The van der Waals surface area contributed by atoms with Crippen LogP contribution in [-0.4, -0.2) is 15.9 Å². The smallest absolute Gasteiger partial charge is 0.416 e. The first-order chi connectivity index (χ1) is 15.8. The highest BCUT2D eigenvalue weighted by Crippen LogP contribution is 2.37. The van der Waals surface area contributed by atoms with Gasteiger partial charge in [0, 0.05) is 11.8 Å². The van der Waals surface area contributed by atoms with Crippen LogP contribution in [0.4, 0.5) is 37.7 Å².